The quantitative estimate of drug-likeness (QED) is 0.931. The van der Waals surface area contributed by atoms with Gasteiger partial charge in [-0.2, -0.15) is 0 Å². The van der Waals surface area contributed by atoms with Crippen molar-refractivity contribution in [2.45, 2.75) is 25.6 Å². The van der Waals surface area contributed by atoms with E-state index in [1.165, 1.54) is 0 Å². The molecule has 1 aliphatic rings. The molecule has 20 heavy (non-hydrogen) atoms. The SMILES string of the molecule is CC1(C)CNCC(COc2ccc3ccccc3n2)O1. The number of fused-ring (bicyclic) bond motifs is 1. The zero-order valence-corrected chi connectivity index (χ0v) is 11.9. The number of para-hydroxylation sites is 1. The molecule has 4 heteroatoms. The van der Waals surface area contributed by atoms with Crippen molar-refractivity contribution in [3.05, 3.63) is 36.4 Å². The maximum atomic E-state index is 5.97. The van der Waals surface area contributed by atoms with Gasteiger partial charge in [0.15, 0.2) is 0 Å². The van der Waals surface area contributed by atoms with Gasteiger partial charge >= 0.3 is 0 Å². The Kier molecular flexibility index (Phi) is 3.59. The first kappa shape index (κ1) is 13.3. The van der Waals surface area contributed by atoms with Crippen LogP contribution in [0.2, 0.25) is 0 Å². The number of ether oxygens (including phenoxy) is 2. The van der Waals surface area contributed by atoms with Crippen LogP contribution in [0.1, 0.15) is 13.8 Å². The van der Waals surface area contributed by atoms with E-state index in [0.717, 1.165) is 24.0 Å². The summed E-state index contributed by atoms with van der Waals surface area (Å²) in [5, 5.41) is 4.49. The Morgan fingerprint density at radius 2 is 2.15 bits per heavy atom. The van der Waals surface area contributed by atoms with Gasteiger partial charge in [-0.15, -0.1) is 0 Å². The highest BCUT2D eigenvalue weighted by molar-refractivity contribution is 5.78. The monoisotopic (exact) mass is 272 g/mol. The predicted molar refractivity (Wildman–Crippen MR) is 79.1 cm³/mol. The van der Waals surface area contributed by atoms with E-state index in [1.54, 1.807) is 0 Å². The second-order valence-electron chi connectivity index (χ2n) is 5.78. The minimum Gasteiger partial charge on any atom is -0.475 e. The molecule has 1 atom stereocenters. The fourth-order valence-electron chi connectivity index (χ4n) is 2.47. The highest BCUT2D eigenvalue weighted by Crippen LogP contribution is 2.18. The molecular weight excluding hydrogens is 252 g/mol. The van der Waals surface area contributed by atoms with E-state index in [4.69, 9.17) is 9.47 Å². The number of hydrogen-bond acceptors (Lipinski definition) is 4. The fraction of sp³-hybridized carbons (Fsp3) is 0.438. The Labute approximate surface area is 119 Å². The maximum Gasteiger partial charge on any atom is 0.213 e. The molecule has 1 aromatic heterocycles. The zero-order chi connectivity index (χ0) is 14.0. The maximum absolute atomic E-state index is 5.97. The molecule has 0 bridgehead atoms. The van der Waals surface area contributed by atoms with Crippen LogP contribution >= 0.6 is 0 Å². The van der Waals surface area contributed by atoms with Crippen molar-refractivity contribution in [3.8, 4) is 5.88 Å². The largest absolute Gasteiger partial charge is 0.475 e. The summed E-state index contributed by atoms with van der Waals surface area (Å²) in [4.78, 5) is 4.50. The number of hydrogen-bond donors (Lipinski definition) is 1. The van der Waals surface area contributed by atoms with Gasteiger partial charge in [-0.1, -0.05) is 18.2 Å². The van der Waals surface area contributed by atoms with E-state index < -0.39 is 0 Å². The molecule has 1 fully saturated rings. The predicted octanol–water partition coefficient (Wildman–Crippen LogP) is 2.38. The number of benzene rings is 1. The van der Waals surface area contributed by atoms with Crippen LogP contribution < -0.4 is 10.1 Å². The normalized spacial score (nSPS) is 21.8. The molecule has 4 nitrogen and oxygen atoms in total. The minimum absolute atomic E-state index is 0.0621. The second-order valence-corrected chi connectivity index (χ2v) is 5.78. The fourth-order valence-corrected chi connectivity index (χ4v) is 2.47. The van der Waals surface area contributed by atoms with Crippen molar-refractivity contribution in [2.75, 3.05) is 19.7 Å². The van der Waals surface area contributed by atoms with Gasteiger partial charge in [-0.05, 0) is 26.0 Å². The molecule has 1 N–H and O–H groups in total. The van der Waals surface area contributed by atoms with E-state index in [1.807, 2.05) is 36.4 Å². The first-order chi connectivity index (χ1) is 9.62. The summed E-state index contributed by atoms with van der Waals surface area (Å²) in [6.45, 7) is 6.37. The lowest BCUT2D eigenvalue weighted by atomic mass is 10.1. The number of rotatable bonds is 3. The number of morpholine rings is 1. The molecule has 0 spiro atoms. The Morgan fingerprint density at radius 1 is 1.30 bits per heavy atom. The van der Waals surface area contributed by atoms with E-state index in [-0.39, 0.29) is 11.7 Å². The van der Waals surface area contributed by atoms with Gasteiger partial charge in [0, 0.05) is 24.5 Å². The van der Waals surface area contributed by atoms with Crippen molar-refractivity contribution in [1.82, 2.24) is 10.3 Å². The van der Waals surface area contributed by atoms with Crippen molar-refractivity contribution < 1.29 is 9.47 Å². The molecule has 0 saturated carbocycles. The first-order valence-electron chi connectivity index (χ1n) is 7.00. The third-order valence-corrected chi connectivity index (χ3v) is 3.40. The second kappa shape index (κ2) is 5.38. The van der Waals surface area contributed by atoms with Crippen LogP contribution in [0, 0.1) is 0 Å². The highest BCUT2D eigenvalue weighted by Gasteiger charge is 2.28. The molecule has 1 unspecified atom stereocenters. The lowest BCUT2D eigenvalue weighted by Gasteiger charge is -2.36. The van der Waals surface area contributed by atoms with Crippen molar-refractivity contribution in [2.24, 2.45) is 0 Å². The van der Waals surface area contributed by atoms with Gasteiger partial charge in [0.25, 0.3) is 0 Å². The van der Waals surface area contributed by atoms with Crippen molar-refractivity contribution in [3.63, 3.8) is 0 Å². The number of nitrogens with one attached hydrogen (secondary N) is 1. The number of nitrogens with zero attached hydrogens (tertiary/aromatic N) is 1. The molecule has 1 saturated heterocycles. The van der Waals surface area contributed by atoms with Crippen LogP contribution in [0.3, 0.4) is 0 Å². The average Bonchev–Trinajstić information content (AvgIpc) is 2.44. The smallest absolute Gasteiger partial charge is 0.213 e. The summed E-state index contributed by atoms with van der Waals surface area (Å²) in [5.74, 6) is 0.649. The standard InChI is InChI=1S/C16H20N2O2/c1-16(2)11-17-9-13(20-16)10-19-15-8-7-12-5-3-4-6-14(12)18-15/h3-8,13,17H,9-11H2,1-2H3. The van der Waals surface area contributed by atoms with E-state index >= 15 is 0 Å². The Balaban J connectivity index is 1.65. The van der Waals surface area contributed by atoms with Crippen LogP contribution in [0.25, 0.3) is 10.9 Å². The van der Waals surface area contributed by atoms with Crippen LogP contribution in [0.4, 0.5) is 0 Å². The summed E-state index contributed by atoms with van der Waals surface area (Å²) < 4.78 is 11.7. The van der Waals surface area contributed by atoms with E-state index in [2.05, 4.69) is 24.1 Å². The topological polar surface area (TPSA) is 43.4 Å². The van der Waals surface area contributed by atoms with Crippen LogP contribution in [-0.2, 0) is 4.74 Å². The summed E-state index contributed by atoms with van der Waals surface area (Å²) in [5.41, 5.74) is 0.816. The number of pyridine rings is 1. The molecule has 2 heterocycles. The molecule has 1 aliphatic heterocycles. The summed E-state index contributed by atoms with van der Waals surface area (Å²) >= 11 is 0. The van der Waals surface area contributed by atoms with Gasteiger partial charge in [-0.25, -0.2) is 4.98 Å². The first-order valence-corrected chi connectivity index (χ1v) is 7.00. The van der Waals surface area contributed by atoms with Gasteiger partial charge in [0.05, 0.1) is 11.1 Å². The van der Waals surface area contributed by atoms with Crippen molar-refractivity contribution in [1.29, 1.82) is 0 Å². The van der Waals surface area contributed by atoms with Crippen LogP contribution in [0.5, 0.6) is 5.88 Å². The summed E-state index contributed by atoms with van der Waals surface area (Å²) in [6, 6.07) is 12.0. The Hall–Kier alpha value is -1.65. The summed E-state index contributed by atoms with van der Waals surface area (Å²) in [7, 11) is 0. The molecular formula is C16H20N2O2. The van der Waals surface area contributed by atoms with Crippen LogP contribution in [0.15, 0.2) is 36.4 Å². The molecule has 0 radical (unpaired) electrons. The minimum atomic E-state index is -0.136. The Morgan fingerprint density at radius 3 is 3.00 bits per heavy atom. The molecule has 2 aromatic rings. The molecule has 1 aromatic carbocycles. The third kappa shape index (κ3) is 3.08. The molecule has 3 rings (SSSR count). The van der Waals surface area contributed by atoms with E-state index in [0.29, 0.717) is 12.5 Å². The van der Waals surface area contributed by atoms with Gasteiger partial charge in [-0.3, -0.25) is 0 Å². The lowest BCUT2D eigenvalue weighted by molar-refractivity contribution is -0.107. The van der Waals surface area contributed by atoms with E-state index in [9.17, 15) is 0 Å². The molecule has 0 aliphatic carbocycles. The van der Waals surface area contributed by atoms with Gasteiger partial charge in [0.1, 0.15) is 12.7 Å². The average molecular weight is 272 g/mol. The zero-order valence-electron chi connectivity index (χ0n) is 11.9. The number of aromatic nitrogens is 1. The Bertz CT molecular complexity index is 598. The van der Waals surface area contributed by atoms with Crippen molar-refractivity contribution >= 4 is 10.9 Å². The van der Waals surface area contributed by atoms with Gasteiger partial charge in [0.2, 0.25) is 5.88 Å². The van der Waals surface area contributed by atoms with Gasteiger partial charge < -0.3 is 14.8 Å². The molecule has 106 valence electrons. The third-order valence-electron chi connectivity index (χ3n) is 3.40. The molecule has 0 amide bonds. The highest BCUT2D eigenvalue weighted by atomic mass is 16.6. The summed E-state index contributed by atoms with van der Waals surface area (Å²) in [6.07, 6.45) is 0.0621. The van der Waals surface area contributed by atoms with Crippen LogP contribution in [-0.4, -0.2) is 36.4 Å². The lowest BCUT2D eigenvalue weighted by Crippen LogP contribution is -2.52.